The lowest BCUT2D eigenvalue weighted by Crippen LogP contribution is -2.40. The minimum absolute atomic E-state index is 0.109. The van der Waals surface area contributed by atoms with Crippen LogP contribution in [0.4, 0.5) is 0 Å². The van der Waals surface area contributed by atoms with E-state index in [1.165, 1.54) is 11.0 Å². The largest absolute Gasteiger partial charge is 0.480 e. The summed E-state index contributed by atoms with van der Waals surface area (Å²) in [7, 11) is 0. The predicted octanol–water partition coefficient (Wildman–Crippen LogP) is 2.68. The summed E-state index contributed by atoms with van der Waals surface area (Å²) in [5, 5.41) is 13.5. The second-order valence-corrected chi connectivity index (χ2v) is 5.51. The molecule has 1 saturated heterocycles. The number of likely N-dealkylation sites (tertiary alicyclic amines) is 1. The summed E-state index contributed by atoms with van der Waals surface area (Å²) in [6.45, 7) is 0.416. The Hall–Kier alpha value is -2.34. The molecule has 0 spiro atoms. The van der Waals surface area contributed by atoms with Gasteiger partial charge >= 0.3 is 5.97 Å². The molecule has 2 heterocycles. The van der Waals surface area contributed by atoms with Crippen LogP contribution in [0.3, 0.4) is 0 Å². The van der Waals surface area contributed by atoms with E-state index in [1.807, 2.05) is 0 Å². The lowest BCUT2D eigenvalue weighted by Gasteiger charge is -2.19. The first-order valence-electron chi connectivity index (χ1n) is 6.82. The monoisotopic (exact) mass is 320 g/mol. The molecule has 0 unspecified atom stereocenters. The second-order valence-electron chi connectivity index (χ2n) is 5.08. The van der Waals surface area contributed by atoms with Gasteiger partial charge in [0.25, 0.3) is 5.91 Å². The molecule has 1 aromatic heterocycles. The van der Waals surface area contributed by atoms with E-state index in [9.17, 15) is 9.59 Å². The number of amides is 1. The van der Waals surface area contributed by atoms with Crippen molar-refractivity contribution in [3.63, 3.8) is 0 Å². The number of benzene rings is 1. The molecule has 22 heavy (non-hydrogen) atoms. The molecule has 114 valence electrons. The average Bonchev–Trinajstić information content (AvgIpc) is 3.17. The van der Waals surface area contributed by atoms with Gasteiger partial charge in [-0.1, -0.05) is 16.8 Å². The van der Waals surface area contributed by atoms with Crippen LogP contribution in [0.15, 0.2) is 34.9 Å². The summed E-state index contributed by atoms with van der Waals surface area (Å²) in [4.78, 5) is 24.9. The fraction of sp³-hybridized carbons (Fsp3) is 0.267. The molecule has 1 aliphatic rings. The van der Waals surface area contributed by atoms with Gasteiger partial charge < -0.3 is 14.5 Å². The Morgan fingerprint density at radius 2 is 2.05 bits per heavy atom. The molecule has 3 rings (SSSR count). The van der Waals surface area contributed by atoms with Gasteiger partial charge in [0.05, 0.1) is 0 Å². The van der Waals surface area contributed by atoms with Crippen molar-refractivity contribution >= 4 is 23.5 Å². The number of carbonyl (C=O) groups excluding carboxylic acids is 1. The van der Waals surface area contributed by atoms with Gasteiger partial charge in [0.2, 0.25) is 0 Å². The molecule has 2 aromatic rings. The lowest BCUT2D eigenvalue weighted by molar-refractivity contribution is -0.141. The van der Waals surface area contributed by atoms with Gasteiger partial charge in [-0.05, 0) is 37.1 Å². The van der Waals surface area contributed by atoms with Crippen LogP contribution in [-0.2, 0) is 4.79 Å². The van der Waals surface area contributed by atoms with Crippen LogP contribution in [0, 0.1) is 0 Å². The Morgan fingerprint density at radius 3 is 2.73 bits per heavy atom. The quantitative estimate of drug-likeness (QED) is 0.940. The van der Waals surface area contributed by atoms with Gasteiger partial charge in [-0.3, -0.25) is 4.79 Å². The van der Waals surface area contributed by atoms with E-state index < -0.39 is 17.9 Å². The Kier molecular flexibility index (Phi) is 3.85. The Bertz CT molecular complexity index is 711. The minimum Gasteiger partial charge on any atom is -0.480 e. The zero-order valence-electron chi connectivity index (χ0n) is 11.5. The minimum atomic E-state index is -0.993. The lowest BCUT2D eigenvalue weighted by atomic mass is 10.1. The Morgan fingerprint density at radius 1 is 1.32 bits per heavy atom. The first kappa shape index (κ1) is 14.6. The molecule has 1 amide bonds. The van der Waals surface area contributed by atoms with E-state index in [0.29, 0.717) is 30.2 Å². The number of aliphatic carboxylic acids is 1. The van der Waals surface area contributed by atoms with Crippen molar-refractivity contribution in [3.8, 4) is 11.3 Å². The van der Waals surface area contributed by atoms with E-state index in [2.05, 4.69) is 5.16 Å². The molecule has 6 nitrogen and oxygen atoms in total. The average molecular weight is 321 g/mol. The highest BCUT2D eigenvalue weighted by atomic mass is 35.5. The second kappa shape index (κ2) is 5.81. The predicted molar refractivity (Wildman–Crippen MR) is 78.6 cm³/mol. The van der Waals surface area contributed by atoms with Crippen LogP contribution >= 0.6 is 11.6 Å². The Labute approximate surface area is 131 Å². The molecule has 1 aromatic carbocycles. The number of nitrogens with zero attached hydrogens (tertiary/aromatic N) is 2. The summed E-state index contributed by atoms with van der Waals surface area (Å²) < 4.78 is 5.18. The summed E-state index contributed by atoms with van der Waals surface area (Å²) in [5.41, 5.74) is 0.852. The first-order chi connectivity index (χ1) is 10.6. The van der Waals surface area contributed by atoms with Crippen LogP contribution in [0.25, 0.3) is 11.3 Å². The Balaban J connectivity index is 1.82. The van der Waals surface area contributed by atoms with Gasteiger partial charge in [-0.2, -0.15) is 0 Å². The highest BCUT2D eigenvalue weighted by Crippen LogP contribution is 2.25. The zero-order chi connectivity index (χ0) is 15.7. The van der Waals surface area contributed by atoms with Crippen molar-refractivity contribution in [3.05, 3.63) is 41.0 Å². The topological polar surface area (TPSA) is 83.6 Å². The molecular weight excluding hydrogens is 308 g/mol. The number of carbonyl (C=O) groups is 2. The number of halogens is 1. The molecule has 1 fully saturated rings. The number of carboxylic acid groups (broad SMARTS) is 1. The van der Waals surface area contributed by atoms with E-state index in [0.717, 1.165) is 5.56 Å². The van der Waals surface area contributed by atoms with Gasteiger partial charge in [0.15, 0.2) is 11.5 Å². The first-order valence-corrected chi connectivity index (χ1v) is 7.20. The summed E-state index contributed by atoms with van der Waals surface area (Å²) in [6.07, 6.45) is 1.13. The van der Waals surface area contributed by atoms with Gasteiger partial charge in [0.1, 0.15) is 6.04 Å². The van der Waals surface area contributed by atoms with Crippen LogP contribution in [0.1, 0.15) is 23.3 Å². The third-order valence-corrected chi connectivity index (χ3v) is 3.91. The van der Waals surface area contributed by atoms with Crippen LogP contribution < -0.4 is 0 Å². The van der Waals surface area contributed by atoms with Crippen LogP contribution in [-0.4, -0.2) is 39.6 Å². The van der Waals surface area contributed by atoms with Crippen molar-refractivity contribution in [1.82, 2.24) is 10.1 Å². The molecule has 7 heteroatoms. The summed E-state index contributed by atoms with van der Waals surface area (Å²) in [5.74, 6) is -0.979. The van der Waals surface area contributed by atoms with Crippen molar-refractivity contribution in [2.75, 3.05) is 6.54 Å². The van der Waals surface area contributed by atoms with E-state index in [4.69, 9.17) is 21.2 Å². The zero-order valence-corrected chi connectivity index (χ0v) is 12.3. The standard InChI is InChI=1S/C15H13ClN2O4/c16-10-5-3-9(4-6-10)13-8-11(17-22-13)14(19)18-7-1-2-12(18)15(20)21/h3-6,8,12H,1-2,7H2,(H,20,21)/t12-/m1/s1. The maximum absolute atomic E-state index is 12.4. The highest BCUT2D eigenvalue weighted by Gasteiger charge is 2.35. The molecule has 1 atom stereocenters. The molecular formula is C15H13ClN2O4. The third-order valence-electron chi connectivity index (χ3n) is 3.66. The van der Waals surface area contributed by atoms with Crippen LogP contribution in [0.5, 0.6) is 0 Å². The number of aromatic nitrogens is 1. The van der Waals surface area contributed by atoms with Crippen molar-refractivity contribution in [1.29, 1.82) is 0 Å². The maximum atomic E-state index is 12.4. The smallest absolute Gasteiger partial charge is 0.326 e. The van der Waals surface area contributed by atoms with Crippen LogP contribution in [0.2, 0.25) is 5.02 Å². The van der Waals surface area contributed by atoms with E-state index in [1.54, 1.807) is 24.3 Å². The summed E-state index contributed by atoms with van der Waals surface area (Å²) >= 11 is 5.82. The van der Waals surface area contributed by atoms with Crippen molar-refractivity contribution in [2.24, 2.45) is 0 Å². The molecule has 0 saturated carbocycles. The number of hydrogen-bond donors (Lipinski definition) is 1. The van der Waals surface area contributed by atoms with Crippen molar-refractivity contribution < 1.29 is 19.2 Å². The van der Waals surface area contributed by atoms with E-state index >= 15 is 0 Å². The van der Waals surface area contributed by atoms with Gasteiger partial charge in [-0.15, -0.1) is 0 Å². The molecule has 0 aliphatic carbocycles. The highest BCUT2D eigenvalue weighted by molar-refractivity contribution is 6.30. The fourth-order valence-corrected chi connectivity index (χ4v) is 2.67. The normalized spacial score (nSPS) is 17.7. The van der Waals surface area contributed by atoms with Gasteiger partial charge in [-0.25, -0.2) is 4.79 Å². The maximum Gasteiger partial charge on any atom is 0.326 e. The third kappa shape index (κ3) is 2.69. The number of carboxylic acids is 1. The molecule has 0 bridgehead atoms. The number of rotatable bonds is 3. The SMILES string of the molecule is O=C(O)[C@H]1CCCN1C(=O)c1cc(-c2ccc(Cl)cc2)on1. The molecule has 1 N–H and O–H groups in total. The molecule has 1 aliphatic heterocycles. The fourth-order valence-electron chi connectivity index (χ4n) is 2.54. The van der Waals surface area contributed by atoms with Gasteiger partial charge in [0, 0.05) is 23.2 Å². The summed E-state index contributed by atoms with van der Waals surface area (Å²) in [6, 6.07) is 7.66. The number of hydrogen-bond acceptors (Lipinski definition) is 4. The molecule has 0 radical (unpaired) electrons. The van der Waals surface area contributed by atoms with Crippen molar-refractivity contribution in [2.45, 2.75) is 18.9 Å². The van der Waals surface area contributed by atoms with E-state index in [-0.39, 0.29) is 5.69 Å².